The molecule has 130 valence electrons. The first-order valence-corrected chi connectivity index (χ1v) is 9.02. The Morgan fingerprint density at radius 3 is 1.21 bits per heavy atom. The molecule has 2 rings (SSSR count). The molecule has 0 unspecified atom stereocenters. The fraction of sp³-hybridized carbons (Fsp3) is 0.455. The minimum Gasteiger partial charge on any atom is -0.494 e. The highest BCUT2D eigenvalue weighted by Gasteiger charge is 2.01. The molecule has 0 spiro atoms. The van der Waals surface area contributed by atoms with Gasteiger partial charge in [0.15, 0.2) is 0 Å². The summed E-state index contributed by atoms with van der Waals surface area (Å²) < 4.78 is 11.6. The quantitative estimate of drug-likeness (QED) is 0.513. The zero-order chi connectivity index (χ0) is 17.4. The van der Waals surface area contributed by atoms with Crippen LogP contribution in [0.2, 0.25) is 0 Å². The molecule has 0 saturated carbocycles. The van der Waals surface area contributed by atoms with E-state index in [2.05, 4.69) is 76.2 Å². The molecule has 0 atom stereocenters. The molecule has 0 heterocycles. The van der Waals surface area contributed by atoms with Crippen molar-refractivity contribution < 1.29 is 9.47 Å². The standard InChI is InChI=1S/C22H30O2/c1-17(2)19-7-11-21(12-8-19)23-15-5-6-16-24-22-13-9-20(10-14-22)18(3)4/h7-14,17-18H,5-6,15-16H2,1-4H3. The van der Waals surface area contributed by atoms with Gasteiger partial charge in [0.05, 0.1) is 13.2 Å². The van der Waals surface area contributed by atoms with E-state index in [4.69, 9.17) is 9.47 Å². The highest BCUT2D eigenvalue weighted by atomic mass is 16.5. The summed E-state index contributed by atoms with van der Waals surface area (Å²) in [7, 11) is 0. The van der Waals surface area contributed by atoms with E-state index in [1.807, 2.05) is 0 Å². The number of benzene rings is 2. The highest BCUT2D eigenvalue weighted by molar-refractivity contribution is 5.29. The number of hydrogen-bond donors (Lipinski definition) is 0. The lowest BCUT2D eigenvalue weighted by atomic mass is 10.0. The summed E-state index contributed by atoms with van der Waals surface area (Å²) in [4.78, 5) is 0. The van der Waals surface area contributed by atoms with Crippen molar-refractivity contribution in [2.75, 3.05) is 13.2 Å². The first-order valence-electron chi connectivity index (χ1n) is 9.02. The Kier molecular flexibility index (Phi) is 7.17. The molecule has 2 nitrogen and oxygen atoms in total. The topological polar surface area (TPSA) is 18.5 Å². The molecule has 2 aromatic rings. The molecular weight excluding hydrogens is 296 g/mol. The summed E-state index contributed by atoms with van der Waals surface area (Å²) in [5.74, 6) is 3.02. The van der Waals surface area contributed by atoms with Crippen LogP contribution in [0.1, 0.15) is 63.5 Å². The Balaban J connectivity index is 1.61. The maximum atomic E-state index is 5.78. The Labute approximate surface area is 146 Å². The van der Waals surface area contributed by atoms with Gasteiger partial charge < -0.3 is 9.47 Å². The molecule has 2 heteroatoms. The monoisotopic (exact) mass is 326 g/mol. The van der Waals surface area contributed by atoms with Crippen LogP contribution in [0.5, 0.6) is 11.5 Å². The van der Waals surface area contributed by atoms with Gasteiger partial charge in [-0.2, -0.15) is 0 Å². The van der Waals surface area contributed by atoms with Gasteiger partial charge in [-0.15, -0.1) is 0 Å². The van der Waals surface area contributed by atoms with Crippen LogP contribution in [0.3, 0.4) is 0 Å². The molecule has 24 heavy (non-hydrogen) atoms. The average Bonchev–Trinajstić information content (AvgIpc) is 2.58. The predicted octanol–water partition coefficient (Wildman–Crippen LogP) is 6.17. The summed E-state index contributed by atoms with van der Waals surface area (Å²) in [6.07, 6.45) is 1.99. The predicted molar refractivity (Wildman–Crippen MR) is 101 cm³/mol. The summed E-state index contributed by atoms with van der Waals surface area (Å²) >= 11 is 0. The van der Waals surface area contributed by atoms with Crippen molar-refractivity contribution >= 4 is 0 Å². The Bertz CT molecular complexity index is 527. The van der Waals surface area contributed by atoms with Gasteiger partial charge in [0.1, 0.15) is 11.5 Å². The van der Waals surface area contributed by atoms with Crippen molar-refractivity contribution in [3.63, 3.8) is 0 Å². The molecule has 0 saturated heterocycles. The van der Waals surface area contributed by atoms with Crippen molar-refractivity contribution in [3.05, 3.63) is 59.7 Å². The third kappa shape index (κ3) is 5.92. The normalized spacial score (nSPS) is 11.1. The van der Waals surface area contributed by atoms with E-state index in [-0.39, 0.29) is 0 Å². The smallest absolute Gasteiger partial charge is 0.119 e. The first kappa shape index (κ1) is 18.4. The van der Waals surface area contributed by atoms with Crippen LogP contribution in [0, 0.1) is 0 Å². The largest absolute Gasteiger partial charge is 0.494 e. The van der Waals surface area contributed by atoms with Crippen molar-refractivity contribution in [1.82, 2.24) is 0 Å². The van der Waals surface area contributed by atoms with Gasteiger partial charge in [-0.05, 0) is 60.1 Å². The van der Waals surface area contributed by atoms with Crippen LogP contribution in [0.25, 0.3) is 0 Å². The first-order chi connectivity index (χ1) is 11.6. The molecule has 0 N–H and O–H groups in total. The minimum atomic E-state index is 0.561. The third-order valence-electron chi connectivity index (χ3n) is 4.17. The molecule has 0 amide bonds. The molecular formula is C22H30O2. The van der Waals surface area contributed by atoms with E-state index in [9.17, 15) is 0 Å². The van der Waals surface area contributed by atoms with Crippen LogP contribution in [0.4, 0.5) is 0 Å². The number of hydrogen-bond acceptors (Lipinski definition) is 2. The van der Waals surface area contributed by atoms with Crippen LogP contribution < -0.4 is 9.47 Å². The third-order valence-corrected chi connectivity index (χ3v) is 4.17. The Morgan fingerprint density at radius 2 is 0.917 bits per heavy atom. The van der Waals surface area contributed by atoms with Crippen molar-refractivity contribution in [3.8, 4) is 11.5 Å². The van der Waals surface area contributed by atoms with Crippen molar-refractivity contribution in [2.45, 2.75) is 52.4 Å². The van der Waals surface area contributed by atoms with Gasteiger partial charge in [0, 0.05) is 0 Å². The van der Waals surface area contributed by atoms with Gasteiger partial charge in [0.2, 0.25) is 0 Å². The lowest BCUT2D eigenvalue weighted by Gasteiger charge is -2.10. The number of rotatable bonds is 9. The number of unbranched alkanes of at least 4 members (excludes halogenated alkanes) is 1. The SMILES string of the molecule is CC(C)c1ccc(OCCCCOc2ccc(C(C)C)cc2)cc1. The molecule has 2 aromatic carbocycles. The fourth-order valence-corrected chi connectivity index (χ4v) is 2.48. The van der Waals surface area contributed by atoms with Crippen LogP contribution in [-0.2, 0) is 0 Å². The molecule has 0 radical (unpaired) electrons. The van der Waals surface area contributed by atoms with E-state index in [0.717, 1.165) is 37.6 Å². The second-order valence-electron chi connectivity index (χ2n) is 6.85. The zero-order valence-corrected chi connectivity index (χ0v) is 15.4. The van der Waals surface area contributed by atoms with E-state index in [1.165, 1.54) is 11.1 Å². The van der Waals surface area contributed by atoms with Gasteiger partial charge in [-0.25, -0.2) is 0 Å². The molecule has 0 bridgehead atoms. The maximum Gasteiger partial charge on any atom is 0.119 e. The second kappa shape index (κ2) is 9.36. The van der Waals surface area contributed by atoms with E-state index in [1.54, 1.807) is 0 Å². The average molecular weight is 326 g/mol. The minimum absolute atomic E-state index is 0.561. The molecule has 0 aromatic heterocycles. The van der Waals surface area contributed by atoms with E-state index < -0.39 is 0 Å². The highest BCUT2D eigenvalue weighted by Crippen LogP contribution is 2.20. The van der Waals surface area contributed by atoms with Gasteiger partial charge >= 0.3 is 0 Å². The van der Waals surface area contributed by atoms with Gasteiger partial charge in [-0.3, -0.25) is 0 Å². The van der Waals surface area contributed by atoms with Gasteiger partial charge in [-0.1, -0.05) is 52.0 Å². The molecule has 0 aliphatic heterocycles. The molecule has 0 aliphatic rings. The second-order valence-corrected chi connectivity index (χ2v) is 6.85. The molecule has 0 fully saturated rings. The lowest BCUT2D eigenvalue weighted by molar-refractivity contribution is 0.266. The van der Waals surface area contributed by atoms with Crippen molar-refractivity contribution in [2.24, 2.45) is 0 Å². The summed E-state index contributed by atoms with van der Waals surface area (Å²) in [5, 5.41) is 0. The van der Waals surface area contributed by atoms with Crippen LogP contribution >= 0.6 is 0 Å². The summed E-state index contributed by atoms with van der Waals surface area (Å²) in [6.45, 7) is 10.3. The van der Waals surface area contributed by atoms with Crippen LogP contribution in [0.15, 0.2) is 48.5 Å². The van der Waals surface area contributed by atoms with Crippen molar-refractivity contribution in [1.29, 1.82) is 0 Å². The summed E-state index contributed by atoms with van der Waals surface area (Å²) in [5.41, 5.74) is 2.69. The summed E-state index contributed by atoms with van der Waals surface area (Å²) in [6, 6.07) is 16.8. The Hall–Kier alpha value is -1.96. The van der Waals surface area contributed by atoms with Crippen LogP contribution in [-0.4, -0.2) is 13.2 Å². The fourth-order valence-electron chi connectivity index (χ4n) is 2.48. The van der Waals surface area contributed by atoms with Gasteiger partial charge in [0.25, 0.3) is 0 Å². The number of ether oxygens (including phenoxy) is 2. The molecule has 0 aliphatic carbocycles. The van der Waals surface area contributed by atoms with E-state index in [0.29, 0.717) is 11.8 Å². The van der Waals surface area contributed by atoms with E-state index >= 15 is 0 Å². The lowest BCUT2D eigenvalue weighted by Crippen LogP contribution is -2.02. The zero-order valence-electron chi connectivity index (χ0n) is 15.4. The maximum absolute atomic E-state index is 5.78. The Morgan fingerprint density at radius 1 is 0.583 bits per heavy atom.